The van der Waals surface area contributed by atoms with Crippen LogP contribution in [0.25, 0.3) is 0 Å². The molecule has 2 heteroatoms. The van der Waals surface area contributed by atoms with Crippen LogP contribution in [0.5, 0.6) is 0 Å². The van der Waals surface area contributed by atoms with Crippen molar-refractivity contribution in [3.05, 3.63) is 35.4 Å². The van der Waals surface area contributed by atoms with Gasteiger partial charge in [-0.2, -0.15) is 0 Å². The van der Waals surface area contributed by atoms with Crippen molar-refractivity contribution in [2.75, 3.05) is 6.61 Å². The lowest BCUT2D eigenvalue weighted by atomic mass is 9.79. The van der Waals surface area contributed by atoms with Crippen molar-refractivity contribution in [3.63, 3.8) is 0 Å². The van der Waals surface area contributed by atoms with Crippen LogP contribution in [0.15, 0.2) is 24.3 Å². The Morgan fingerprint density at radius 2 is 1.75 bits per heavy atom. The van der Waals surface area contributed by atoms with Gasteiger partial charge in [-0.3, -0.25) is 4.79 Å². The Bertz CT molecular complexity index is 439. The lowest BCUT2D eigenvalue weighted by Crippen LogP contribution is -2.40. The molecule has 20 heavy (non-hydrogen) atoms. The van der Waals surface area contributed by atoms with Gasteiger partial charge in [-0.1, -0.05) is 44.5 Å². The molecule has 0 aromatic heterocycles. The maximum absolute atomic E-state index is 12.8. The third-order valence-electron chi connectivity index (χ3n) is 4.73. The average Bonchev–Trinajstić information content (AvgIpc) is 2.43. The number of ether oxygens (including phenoxy) is 1. The zero-order valence-corrected chi connectivity index (χ0v) is 12.9. The molecule has 1 aromatic rings. The fraction of sp³-hybridized carbons (Fsp3) is 0.611. The topological polar surface area (TPSA) is 26.3 Å². The number of Topliss-reactive ketones (excluding diaryl/α,β-unsaturated/α-hetero) is 1. The van der Waals surface area contributed by atoms with E-state index in [0.29, 0.717) is 12.5 Å². The predicted molar refractivity (Wildman–Crippen MR) is 82.3 cm³/mol. The Morgan fingerprint density at radius 3 is 2.15 bits per heavy atom. The van der Waals surface area contributed by atoms with Crippen molar-refractivity contribution in [1.29, 1.82) is 0 Å². The van der Waals surface area contributed by atoms with E-state index < -0.39 is 5.60 Å². The number of benzene rings is 1. The summed E-state index contributed by atoms with van der Waals surface area (Å²) in [5.74, 6) is 0.845. The molecule has 110 valence electrons. The maximum Gasteiger partial charge on any atom is 0.194 e. The smallest absolute Gasteiger partial charge is 0.194 e. The van der Waals surface area contributed by atoms with E-state index in [0.717, 1.165) is 18.4 Å². The van der Waals surface area contributed by atoms with Gasteiger partial charge in [0.05, 0.1) is 0 Å². The number of rotatable bonds is 7. The highest BCUT2D eigenvalue weighted by atomic mass is 16.5. The molecular formula is C18H26O2. The van der Waals surface area contributed by atoms with E-state index in [1.807, 2.05) is 32.9 Å². The maximum atomic E-state index is 12.8. The van der Waals surface area contributed by atoms with Gasteiger partial charge in [0.25, 0.3) is 0 Å². The first kappa shape index (κ1) is 15.2. The Balaban J connectivity index is 2.18. The highest BCUT2D eigenvalue weighted by Crippen LogP contribution is 2.36. The van der Waals surface area contributed by atoms with Crippen molar-refractivity contribution in [3.8, 4) is 0 Å². The van der Waals surface area contributed by atoms with E-state index in [2.05, 4.69) is 12.1 Å². The zero-order chi connectivity index (χ0) is 14.6. The molecule has 1 saturated carbocycles. The van der Waals surface area contributed by atoms with Crippen LogP contribution < -0.4 is 0 Å². The summed E-state index contributed by atoms with van der Waals surface area (Å²) < 4.78 is 5.80. The molecule has 0 amide bonds. The standard InChI is InChI=1S/C18H26O2/c1-4-18(5-2,20-6-3)17(19)16-12-10-15(11-13-16)14-8-7-9-14/h10-14H,4-9H2,1-3H3. The van der Waals surface area contributed by atoms with Gasteiger partial charge in [-0.25, -0.2) is 0 Å². The summed E-state index contributed by atoms with van der Waals surface area (Å²) in [4.78, 5) is 12.8. The fourth-order valence-corrected chi connectivity index (χ4v) is 3.03. The number of hydrogen-bond acceptors (Lipinski definition) is 2. The molecule has 0 unspecified atom stereocenters. The molecule has 0 N–H and O–H groups in total. The van der Waals surface area contributed by atoms with Crippen molar-refractivity contribution < 1.29 is 9.53 Å². The monoisotopic (exact) mass is 274 g/mol. The second kappa shape index (κ2) is 6.53. The Labute approximate surface area is 122 Å². The molecule has 2 rings (SSSR count). The van der Waals surface area contributed by atoms with Crippen LogP contribution in [-0.2, 0) is 4.74 Å². The van der Waals surface area contributed by atoms with E-state index in [4.69, 9.17) is 4.74 Å². The first-order valence-corrected chi connectivity index (χ1v) is 7.95. The summed E-state index contributed by atoms with van der Waals surface area (Å²) in [5.41, 5.74) is 1.51. The van der Waals surface area contributed by atoms with E-state index in [9.17, 15) is 4.79 Å². The van der Waals surface area contributed by atoms with Gasteiger partial charge in [0.15, 0.2) is 5.78 Å². The van der Waals surface area contributed by atoms with Crippen molar-refractivity contribution in [2.24, 2.45) is 0 Å². The minimum Gasteiger partial charge on any atom is -0.367 e. The molecule has 1 aliphatic carbocycles. The molecule has 0 saturated heterocycles. The van der Waals surface area contributed by atoms with Crippen LogP contribution in [-0.4, -0.2) is 18.0 Å². The summed E-state index contributed by atoms with van der Waals surface area (Å²) >= 11 is 0. The first-order chi connectivity index (χ1) is 9.66. The first-order valence-electron chi connectivity index (χ1n) is 7.95. The number of carbonyl (C=O) groups excluding carboxylic acids is 1. The number of hydrogen-bond donors (Lipinski definition) is 0. The Morgan fingerprint density at radius 1 is 1.15 bits per heavy atom. The third-order valence-corrected chi connectivity index (χ3v) is 4.73. The molecule has 0 spiro atoms. The highest BCUT2D eigenvalue weighted by molar-refractivity contribution is 6.02. The van der Waals surface area contributed by atoms with Crippen LogP contribution in [0.1, 0.15) is 74.7 Å². The van der Waals surface area contributed by atoms with Gasteiger partial charge in [-0.15, -0.1) is 0 Å². The van der Waals surface area contributed by atoms with Gasteiger partial charge in [-0.05, 0) is 44.1 Å². The van der Waals surface area contributed by atoms with Gasteiger partial charge in [0.1, 0.15) is 5.60 Å². The fourth-order valence-electron chi connectivity index (χ4n) is 3.03. The summed E-state index contributed by atoms with van der Waals surface area (Å²) in [6, 6.07) is 8.21. The second-order valence-electron chi connectivity index (χ2n) is 5.71. The van der Waals surface area contributed by atoms with E-state index >= 15 is 0 Å². The minimum atomic E-state index is -0.646. The lowest BCUT2D eigenvalue weighted by Gasteiger charge is -2.30. The quantitative estimate of drug-likeness (QED) is 0.672. The van der Waals surface area contributed by atoms with Crippen LogP contribution in [0.3, 0.4) is 0 Å². The van der Waals surface area contributed by atoms with E-state index in [1.54, 1.807) is 0 Å². The van der Waals surface area contributed by atoms with Crippen LogP contribution >= 0.6 is 0 Å². The molecule has 0 aliphatic heterocycles. The second-order valence-corrected chi connectivity index (χ2v) is 5.71. The largest absolute Gasteiger partial charge is 0.367 e. The summed E-state index contributed by atoms with van der Waals surface area (Å²) in [6.45, 7) is 6.58. The van der Waals surface area contributed by atoms with Crippen molar-refractivity contribution in [2.45, 2.75) is 64.4 Å². The van der Waals surface area contributed by atoms with E-state index in [-0.39, 0.29) is 5.78 Å². The van der Waals surface area contributed by atoms with Gasteiger partial charge >= 0.3 is 0 Å². The molecule has 0 radical (unpaired) electrons. The summed E-state index contributed by atoms with van der Waals surface area (Å²) in [6.07, 6.45) is 5.37. The molecule has 2 nitrogen and oxygen atoms in total. The third kappa shape index (κ3) is 2.80. The minimum absolute atomic E-state index is 0.129. The molecular weight excluding hydrogens is 248 g/mol. The molecule has 1 aliphatic rings. The highest BCUT2D eigenvalue weighted by Gasteiger charge is 2.36. The number of carbonyl (C=O) groups is 1. The molecule has 0 atom stereocenters. The molecule has 0 bridgehead atoms. The Hall–Kier alpha value is -1.15. The lowest BCUT2D eigenvalue weighted by molar-refractivity contribution is -0.0250. The van der Waals surface area contributed by atoms with Crippen LogP contribution in [0, 0.1) is 0 Å². The van der Waals surface area contributed by atoms with Crippen LogP contribution in [0.4, 0.5) is 0 Å². The average molecular weight is 274 g/mol. The SMILES string of the molecule is CCOC(CC)(CC)C(=O)c1ccc(C2CCC2)cc1. The molecule has 1 aromatic carbocycles. The van der Waals surface area contributed by atoms with Gasteiger partial charge < -0.3 is 4.74 Å². The normalized spacial score (nSPS) is 15.9. The zero-order valence-electron chi connectivity index (χ0n) is 12.9. The molecule has 1 fully saturated rings. The predicted octanol–water partition coefficient (Wildman–Crippen LogP) is 4.73. The summed E-state index contributed by atoms with van der Waals surface area (Å²) in [7, 11) is 0. The Kier molecular flexibility index (Phi) is 4.98. The van der Waals surface area contributed by atoms with E-state index in [1.165, 1.54) is 24.8 Å². The van der Waals surface area contributed by atoms with Crippen LogP contribution in [0.2, 0.25) is 0 Å². The van der Waals surface area contributed by atoms with Gasteiger partial charge in [0, 0.05) is 12.2 Å². The molecule has 0 heterocycles. The van der Waals surface area contributed by atoms with Crippen molar-refractivity contribution in [1.82, 2.24) is 0 Å². The summed E-state index contributed by atoms with van der Waals surface area (Å²) in [5, 5.41) is 0. The van der Waals surface area contributed by atoms with Gasteiger partial charge in [0.2, 0.25) is 0 Å². The van der Waals surface area contributed by atoms with Crippen molar-refractivity contribution >= 4 is 5.78 Å². The number of ketones is 1.